The molecule has 18 aromatic rings. The van der Waals surface area contributed by atoms with Crippen LogP contribution in [0.15, 0.2) is 312 Å². The highest BCUT2D eigenvalue weighted by Crippen LogP contribution is 2.50. The van der Waals surface area contributed by atoms with E-state index in [1.165, 1.54) is 123 Å². The molecule has 464 valence electrons. The summed E-state index contributed by atoms with van der Waals surface area (Å²) in [6.07, 6.45) is 6.92. The molecule has 0 spiro atoms. The van der Waals surface area contributed by atoms with E-state index in [-0.39, 0.29) is 0 Å². The lowest BCUT2D eigenvalue weighted by Gasteiger charge is -2.27. The summed E-state index contributed by atoms with van der Waals surface area (Å²) in [5, 5.41) is 14.1. The molecule has 0 saturated heterocycles. The van der Waals surface area contributed by atoms with E-state index in [4.69, 9.17) is 8.83 Å². The maximum Gasteiger partial charge on any atom is 0.135 e. The molecule has 97 heavy (non-hydrogen) atoms. The summed E-state index contributed by atoms with van der Waals surface area (Å²) in [5.41, 5.74) is 22.1. The van der Waals surface area contributed by atoms with Gasteiger partial charge < -0.3 is 18.6 Å². The minimum Gasteiger partial charge on any atom is -0.456 e. The highest BCUT2D eigenvalue weighted by atomic mass is 32.1. The van der Waals surface area contributed by atoms with Crippen LogP contribution in [0.1, 0.15) is 50.7 Å². The topological polar surface area (TPSA) is 32.8 Å². The Kier molecular flexibility index (Phi) is 14.6. The van der Waals surface area contributed by atoms with Crippen molar-refractivity contribution < 1.29 is 8.83 Å². The summed E-state index contributed by atoms with van der Waals surface area (Å²) in [6, 6.07) is 112. The van der Waals surface area contributed by atoms with Gasteiger partial charge in [0, 0.05) is 65.5 Å². The predicted octanol–water partition coefficient (Wildman–Crippen LogP) is 27.6. The number of anilines is 6. The standard InChI is InChI=1S/C92H68N2O2S/c1-3-5-18-59-32-36-63(37-33-59)65-24-15-26-69(50-65)93(72-43-48-89-83(55-72)81-52-67(40-46-87(81)95-89)61-20-9-7-10-21-61)71-42-45-76-78(54-71)74-28-13-14-29-75(74)79-57-85-77-30-17-31-86(92(77)97-91(85)58-80(76)79)94(70-27-16-25-66(51-70)64-38-34-60(35-39-64)19-6-4-2)73-44-49-90-84(56-73)82-53-68(41-47-88(82)96-90)62-22-11-8-12-23-62/h7-17,20-58H,3-6,18-19H2,1-2H3. The Balaban J connectivity index is 0.803. The van der Waals surface area contributed by atoms with Crippen molar-refractivity contribution in [3.05, 3.63) is 314 Å². The Morgan fingerprint density at radius 3 is 1.19 bits per heavy atom. The van der Waals surface area contributed by atoms with E-state index in [9.17, 15) is 0 Å². The van der Waals surface area contributed by atoms with Crippen molar-refractivity contribution in [2.24, 2.45) is 0 Å². The second-order valence-corrected chi connectivity index (χ2v) is 27.1. The van der Waals surface area contributed by atoms with Crippen LogP contribution in [0.5, 0.6) is 0 Å². The third kappa shape index (κ3) is 10.5. The molecule has 3 aromatic heterocycles. The molecule has 0 aliphatic rings. The Morgan fingerprint density at radius 2 is 0.639 bits per heavy atom. The third-order valence-electron chi connectivity index (χ3n) is 20.0. The molecule has 15 aromatic carbocycles. The molecular formula is C92H68N2O2S. The van der Waals surface area contributed by atoms with E-state index in [0.717, 1.165) is 102 Å². The average molecular weight is 1270 g/mol. The zero-order chi connectivity index (χ0) is 64.5. The van der Waals surface area contributed by atoms with E-state index in [2.05, 4.69) is 327 Å². The lowest BCUT2D eigenvalue weighted by Crippen LogP contribution is -2.10. The maximum absolute atomic E-state index is 6.62. The highest BCUT2D eigenvalue weighted by Gasteiger charge is 2.24. The fourth-order valence-electron chi connectivity index (χ4n) is 15.0. The van der Waals surface area contributed by atoms with Gasteiger partial charge in [0.15, 0.2) is 0 Å². The smallest absolute Gasteiger partial charge is 0.135 e. The minimum atomic E-state index is 0.861. The quantitative estimate of drug-likeness (QED) is 0.0903. The SMILES string of the molecule is CCCCc1ccc(-c2cccc(N(c3ccc4oc5ccc(-c6ccccc6)cc5c4c3)c3ccc4c(c3)c3ccccc3c3cc5c(cc43)sc3c(N(c4cccc(-c6ccc(CCCC)cc6)c4)c4ccc6oc7ccc(-c8ccccc8)cc7c6c4)cccc35)c2)cc1. The number of hydrogen-bond donors (Lipinski definition) is 0. The van der Waals surface area contributed by atoms with Crippen molar-refractivity contribution >= 4 is 142 Å². The molecule has 0 fully saturated rings. The van der Waals surface area contributed by atoms with Crippen LogP contribution in [-0.4, -0.2) is 0 Å². The van der Waals surface area contributed by atoms with E-state index < -0.39 is 0 Å². The van der Waals surface area contributed by atoms with E-state index in [1.807, 2.05) is 11.3 Å². The number of fused-ring (bicyclic) bond motifs is 15. The minimum absolute atomic E-state index is 0.861. The van der Waals surface area contributed by atoms with Crippen LogP contribution in [0.25, 0.3) is 141 Å². The summed E-state index contributed by atoms with van der Waals surface area (Å²) >= 11 is 1.88. The van der Waals surface area contributed by atoms with Crippen LogP contribution in [0, 0.1) is 0 Å². The summed E-state index contributed by atoms with van der Waals surface area (Å²) in [5.74, 6) is 0. The van der Waals surface area contributed by atoms with Crippen molar-refractivity contribution in [1.29, 1.82) is 0 Å². The van der Waals surface area contributed by atoms with E-state index in [0.29, 0.717) is 0 Å². The molecule has 0 bridgehead atoms. The number of thiophene rings is 1. The van der Waals surface area contributed by atoms with E-state index in [1.54, 1.807) is 0 Å². The molecule has 18 rings (SSSR count). The van der Waals surface area contributed by atoms with Gasteiger partial charge in [-0.25, -0.2) is 0 Å². The Morgan fingerprint density at radius 1 is 0.258 bits per heavy atom. The highest BCUT2D eigenvalue weighted by molar-refractivity contribution is 7.26. The molecular weight excluding hydrogens is 1200 g/mol. The van der Waals surface area contributed by atoms with Crippen LogP contribution in [0.3, 0.4) is 0 Å². The van der Waals surface area contributed by atoms with Gasteiger partial charge in [0.1, 0.15) is 22.3 Å². The first-order valence-electron chi connectivity index (χ1n) is 34.2. The van der Waals surface area contributed by atoms with Crippen LogP contribution in [0.4, 0.5) is 34.1 Å². The Hall–Kier alpha value is -11.5. The summed E-state index contributed by atoms with van der Waals surface area (Å²) < 4.78 is 15.7. The number of aryl methyl sites for hydroxylation is 2. The molecule has 4 nitrogen and oxygen atoms in total. The zero-order valence-electron chi connectivity index (χ0n) is 54.2. The van der Waals surface area contributed by atoms with E-state index >= 15 is 0 Å². The molecule has 3 heterocycles. The number of benzene rings is 15. The van der Waals surface area contributed by atoms with Crippen molar-refractivity contribution in [3.63, 3.8) is 0 Å². The van der Waals surface area contributed by atoms with Crippen LogP contribution in [0.2, 0.25) is 0 Å². The van der Waals surface area contributed by atoms with Gasteiger partial charge in [-0.3, -0.25) is 0 Å². The number of rotatable bonds is 16. The number of hydrogen-bond acceptors (Lipinski definition) is 5. The molecule has 0 radical (unpaired) electrons. The van der Waals surface area contributed by atoms with Gasteiger partial charge in [-0.05, 0) is 229 Å². The van der Waals surface area contributed by atoms with Crippen molar-refractivity contribution in [2.75, 3.05) is 9.80 Å². The molecule has 0 aliphatic carbocycles. The van der Waals surface area contributed by atoms with Gasteiger partial charge in [-0.15, -0.1) is 11.3 Å². The van der Waals surface area contributed by atoms with Gasteiger partial charge in [0.25, 0.3) is 0 Å². The Bertz CT molecular complexity index is 6040. The van der Waals surface area contributed by atoms with Gasteiger partial charge in [-0.2, -0.15) is 0 Å². The van der Waals surface area contributed by atoms with Gasteiger partial charge >= 0.3 is 0 Å². The van der Waals surface area contributed by atoms with Crippen molar-refractivity contribution in [1.82, 2.24) is 0 Å². The molecule has 0 amide bonds. The van der Waals surface area contributed by atoms with Gasteiger partial charge in [0.2, 0.25) is 0 Å². The fourth-order valence-corrected chi connectivity index (χ4v) is 16.2. The van der Waals surface area contributed by atoms with Gasteiger partial charge in [0.05, 0.1) is 10.4 Å². The molecule has 0 aliphatic heterocycles. The maximum atomic E-state index is 6.62. The molecule has 0 saturated carbocycles. The second-order valence-electron chi connectivity index (χ2n) is 26.0. The van der Waals surface area contributed by atoms with Crippen LogP contribution >= 0.6 is 11.3 Å². The summed E-state index contributed by atoms with van der Waals surface area (Å²) in [4.78, 5) is 4.91. The molecule has 5 heteroatoms. The first kappa shape index (κ1) is 58.1. The largest absolute Gasteiger partial charge is 0.456 e. The summed E-state index contributed by atoms with van der Waals surface area (Å²) in [7, 11) is 0. The Labute approximate surface area is 568 Å². The molecule has 0 N–H and O–H groups in total. The average Bonchev–Trinajstić information content (AvgIpc) is 1.71. The van der Waals surface area contributed by atoms with Crippen molar-refractivity contribution in [2.45, 2.75) is 52.4 Å². The lowest BCUT2D eigenvalue weighted by atomic mass is 9.92. The number of nitrogens with zero attached hydrogens (tertiary/aromatic N) is 2. The van der Waals surface area contributed by atoms with Gasteiger partial charge in [-0.1, -0.05) is 215 Å². The molecule has 0 unspecified atom stereocenters. The van der Waals surface area contributed by atoms with Crippen molar-refractivity contribution in [3.8, 4) is 44.5 Å². The normalized spacial score (nSPS) is 11.9. The molecule has 0 atom stereocenters. The summed E-state index contributed by atoms with van der Waals surface area (Å²) in [6.45, 7) is 4.52. The number of unbranched alkanes of at least 4 members (excludes halogenated alkanes) is 2. The fraction of sp³-hybridized carbons (Fsp3) is 0.0870. The monoisotopic (exact) mass is 1260 g/mol. The first-order valence-corrected chi connectivity index (χ1v) is 35.0. The third-order valence-corrected chi connectivity index (χ3v) is 21.2. The first-order chi connectivity index (χ1) is 47.9. The van der Waals surface area contributed by atoms with Crippen LogP contribution in [-0.2, 0) is 12.8 Å². The lowest BCUT2D eigenvalue weighted by molar-refractivity contribution is 0.668. The number of furan rings is 2. The zero-order valence-corrected chi connectivity index (χ0v) is 55.0. The van der Waals surface area contributed by atoms with Crippen LogP contribution < -0.4 is 9.80 Å². The second kappa shape index (κ2) is 24.4. The predicted molar refractivity (Wildman–Crippen MR) is 415 cm³/mol.